The number of benzene rings is 2. The standard InChI is InChI=1S/C24H30N2O4/c1-4-30-22(27)24(16-19-11-6-5-10-18(19)2)14-9-15-26(17-24)23(28)25-20-12-7-8-13-21(20)29-3/h5-8,10-13H,4,9,14-17H2,1-3H3,(H,25,28). The Morgan fingerprint density at radius 2 is 1.87 bits per heavy atom. The van der Waals surface area contributed by atoms with E-state index in [1.54, 1.807) is 24.1 Å². The lowest BCUT2D eigenvalue weighted by Gasteiger charge is -2.41. The number of aryl methyl sites for hydroxylation is 1. The van der Waals surface area contributed by atoms with E-state index in [1.807, 2.05) is 50.2 Å². The molecule has 1 N–H and O–H groups in total. The largest absolute Gasteiger partial charge is 0.495 e. The van der Waals surface area contributed by atoms with Crippen molar-refractivity contribution in [1.82, 2.24) is 4.90 Å². The molecule has 2 amide bonds. The number of para-hydroxylation sites is 2. The fourth-order valence-corrected chi connectivity index (χ4v) is 4.09. The third kappa shape index (κ3) is 4.75. The van der Waals surface area contributed by atoms with Crippen LogP contribution in [0.3, 0.4) is 0 Å². The van der Waals surface area contributed by atoms with E-state index >= 15 is 0 Å². The highest BCUT2D eigenvalue weighted by molar-refractivity contribution is 5.91. The smallest absolute Gasteiger partial charge is 0.321 e. The lowest BCUT2D eigenvalue weighted by molar-refractivity contribution is -0.158. The van der Waals surface area contributed by atoms with Crippen molar-refractivity contribution in [3.63, 3.8) is 0 Å². The molecule has 0 aliphatic carbocycles. The van der Waals surface area contributed by atoms with E-state index in [2.05, 4.69) is 5.32 Å². The second-order valence-electron chi connectivity index (χ2n) is 7.76. The molecule has 6 heteroatoms. The molecule has 1 heterocycles. The number of carbonyl (C=O) groups excluding carboxylic acids is 2. The van der Waals surface area contributed by atoms with Crippen LogP contribution in [0.2, 0.25) is 0 Å². The number of nitrogens with zero attached hydrogens (tertiary/aromatic N) is 1. The minimum atomic E-state index is -0.752. The second-order valence-corrected chi connectivity index (χ2v) is 7.76. The number of ether oxygens (including phenoxy) is 2. The molecule has 3 rings (SSSR count). The Morgan fingerprint density at radius 1 is 1.13 bits per heavy atom. The monoisotopic (exact) mass is 410 g/mol. The summed E-state index contributed by atoms with van der Waals surface area (Å²) >= 11 is 0. The first kappa shape index (κ1) is 21.7. The number of urea groups is 1. The van der Waals surface area contributed by atoms with Gasteiger partial charge in [-0.25, -0.2) is 4.79 Å². The van der Waals surface area contributed by atoms with E-state index < -0.39 is 5.41 Å². The summed E-state index contributed by atoms with van der Waals surface area (Å²) < 4.78 is 10.8. The van der Waals surface area contributed by atoms with Gasteiger partial charge in [-0.2, -0.15) is 0 Å². The van der Waals surface area contributed by atoms with E-state index in [0.29, 0.717) is 44.0 Å². The summed E-state index contributed by atoms with van der Waals surface area (Å²) in [5, 5.41) is 2.92. The molecule has 1 atom stereocenters. The zero-order valence-electron chi connectivity index (χ0n) is 17.9. The normalized spacial score (nSPS) is 18.6. The van der Waals surface area contributed by atoms with Crippen molar-refractivity contribution >= 4 is 17.7 Å². The van der Waals surface area contributed by atoms with Gasteiger partial charge in [0.1, 0.15) is 5.75 Å². The predicted octanol–water partition coefficient (Wildman–Crippen LogP) is 4.42. The van der Waals surface area contributed by atoms with Gasteiger partial charge in [0.25, 0.3) is 0 Å². The number of anilines is 1. The first-order valence-corrected chi connectivity index (χ1v) is 10.4. The van der Waals surface area contributed by atoms with Crippen LogP contribution < -0.4 is 10.1 Å². The second kappa shape index (κ2) is 9.65. The van der Waals surface area contributed by atoms with Crippen LogP contribution in [0.15, 0.2) is 48.5 Å². The van der Waals surface area contributed by atoms with Crippen LogP contribution in [-0.4, -0.2) is 43.7 Å². The van der Waals surface area contributed by atoms with Crippen molar-refractivity contribution in [2.45, 2.75) is 33.1 Å². The van der Waals surface area contributed by atoms with Gasteiger partial charge in [-0.15, -0.1) is 0 Å². The summed E-state index contributed by atoms with van der Waals surface area (Å²) in [5.41, 5.74) is 2.10. The summed E-state index contributed by atoms with van der Waals surface area (Å²) in [6, 6.07) is 15.1. The number of hydrogen-bond donors (Lipinski definition) is 1. The van der Waals surface area contributed by atoms with Gasteiger partial charge in [0.05, 0.1) is 24.8 Å². The number of methoxy groups -OCH3 is 1. The van der Waals surface area contributed by atoms with Crippen molar-refractivity contribution in [2.24, 2.45) is 5.41 Å². The number of amides is 2. The number of piperidine rings is 1. The van der Waals surface area contributed by atoms with E-state index in [4.69, 9.17) is 9.47 Å². The maximum absolute atomic E-state index is 13.1. The van der Waals surface area contributed by atoms with Crippen molar-refractivity contribution in [1.29, 1.82) is 0 Å². The average molecular weight is 411 g/mol. The van der Waals surface area contributed by atoms with E-state index in [-0.39, 0.29) is 12.0 Å². The fourth-order valence-electron chi connectivity index (χ4n) is 4.09. The lowest BCUT2D eigenvalue weighted by Crippen LogP contribution is -2.52. The number of esters is 1. The third-order valence-electron chi connectivity index (χ3n) is 5.71. The quantitative estimate of drug-likeness (QED) is 0.716. The highest BCUT2D eigenvalue weighted by Crippen LogP contribution is 2.36. The van der Waals surface area contributed by atoms with Crippen LogP contribution in [0.25, 0.3) is 0 Å². The summed E-state index contributed by atoms with van der Waals surface area (Å²) in [5.74, 6) is 0.363. The maximum atomic E-state index is 13.1. The summed E-state index contributed by atoms with van der Waals surface area (Å²) in [6.45, 7) is 5.09. The molecule has 0 spiro atoms. The van der Waals surface area contributed by atoms with Gasteiger partial charge >= 0.3 is 12.0 Å². The van der Waals surface area contributed by atoms with Gasteiger partial charge in [0.15, 0.2) is 0 Å². The fraction of sp³-hybridized carbons (Fsp3) is 0.417. The highest BCUT2D eigenvalue weighted by Gasteiger charge is 2.45. The zero-order chi connectivity index (χ0) is 21.6. The molecule has 0 bridgehead atoms. The number of likely N-dealkylation sites (tertiary alicyclic amines) is 1. The molecule has 160 valence electrons. The van der Waals surface area contributed by atoms with Crippen LogP contribution in [0.5, 0.6) is 5.75 Å². The molecule has 1 aliphatic rings. The van der Waals surface area contributed by atoms with Crippen LogP contribution in [0.4, 0.5) is 10.5 Å². The molecule has 1 saturated heterocycles. The Bertz CT molecular complexity index is 898. The van der Waals surface area contributed by atoms with E-state index in [9.17, 15) is 9.59 Å². The Kier molecular flexibility index (Phi) is 6.98. The molecule has 1 unspecified atom stereocenters. The first-order valence-electron chi connectivity index (χ1n) is 10.4. The molecule has 0 radical (unpaired) electrons. The average Bonchev–Trinajstić information content (AvgIpc) is 2.76. The zero-order valence-corrected chi connectivity index (χ0v) is 17.9. The number of nitrogens with one attached hydrogen (secondary N) is 1. The van der Waals surface area contributed by atoms with Crippen LogP contribution in [-0.2, 0) is 16.0 Å². The lowest BCUT2D eigenvalue weighted by atomic mass is 9.74. The molecule has 2 aromatic rings. The van der Waals surface area contributed by atoms with Crippen LogP contribution >= 0.6 is 0 Å². The van der Waals surface area contributed by atoms with Crippen LogP contribution in [0, 0.1) is 12.3 Å². The molecule has 6 nitrogen and oxygen atoms in total. The van der Waals surface area contributed by atoms with Crippen LogP contribution in [0.1, 0.15) is 30.9 Å². The van der Waals surface area contributed by atoms with Crippen molar-refractivity contribution < 1.29 is 19.1 Å². The van der Waals surface area contributed by atoms with Gasteiger partial charge in [0.2, 0.25) is 0 Å². The van der Waals surface area contributed by atoms with Gasteiger partial charge in [-0.1, -0.05) is 36.4 Å². The van der Waals surface area contributed by atoms with E-state index in [0.717, 1.165) is 17.5 Å². The van der Waals surface area contributed by atoms with Gasteiger partial charge in [-0.05, 0) is 56.4 Å². The van der Waals surface area contributed by atoms with Gasteiger partial charge < -0.3 is 19.7 Å². The Hall–Kier alpha value is -3.02. The number of hydrogen-bond acceptors (Lipinski definition) is 4. The Labute approximate surface area is 178 Å². The molecular formula is C24H30N2O4. The van der Waals surface area contributed by atoms with E-state index in [1.165, 1.54) is 0 Å². The predicted molar refractivity (Wildman–Crippen MR) is 117 cm³/mol. The summed E-state index contributed by atoms with van der Waals surface area (Å²) in [4.78, 5) is 27.8. The SMILES string of the molecule is CCOC(=O)C1(Cc2ccccc2C)CCCN(C(=O)Nc2ccccc2OC)C1. The Balaban J connectivity index is 1.83. The first-order chi connectivity index (χ1) is 14.5. The number of carbonyl (C=O) groups is 2. The molecular weight excluding hydrogens is 380 g/mol. The van der Waals surface area contributed by atoms with Crippen molar-refractivity contribution in [3.05, 3.63) is 59.7 Å². The van der Waals surface area contributed by atoms with Crippen molar-refractivity contribution in [2.75, 3.05) is 32.1 Å². The van der Waals surface area contributed by atoms with Crippen molar-refractivity contribution in [3.8, 4) is 5.75 Å². The third-order valence-corrected chi connectivity index (χ3v) is 5.71. The minimum absolute atomic E-state index is 0.233. The minimum Gasteiger partial charge on any atom is -0.495 e. The molecule has 0 saturated carbocycles. The molecule has 30 heavy (non-hydrogen) atoms. The highest BCUT2D eigenvalue weighted by atomic mass is 16.5. The van der Waals surface area contributed by atoms with Gasteiger partial charge in [-0.3, -0.25) is 4.79 Å². The summed E-state index contributed by atoms with van der Waals surface area (Å²) in [6.07, 6.45) is 1.99. The molecule has 1 fully saturated rings. The molecule has 0 aromatic heterocycles. The van der Waals surface area contributed by atoms with Gasteiger partial charge in [0, 0.05) is 13.1 Å². The summed E-state index contributed by atoms with van der Waals surface area (Å²) in [7, 11) is 1.57. The number of rotatable bonds is 6. The maximum Gasteiger partial charge on any atom is 0.321 e. The topological polar surface area (TPSA) is 67.9 Å². The molecule has 1 aliphatic heterocycles. The molecule has 2 aromatic carbocycles. The Morgan fingerprint density at radius 3 is 2.60 bits per heavy atom.